The van der Waals surface area contributed by atoms with E-state index in [1.165, 1.54) is 23.5 Å². The number of nitrogens with two attached hydrogens (primary N) is 1. The topological polar surface area (TPSA) is 46.2 Å². The minimum atomic E-state index is -0.906. The largest absolute Gasteiger partial charge is 0.388 e. The summed E-state index contributed by atoms with van der Waals surface area (Å²) in [5.74, 6) is -0.806. The van der Waals surface area contributed by atoms with Gasteiger partial charge >= 0.3 is 0 Å². The molecule has 2 nitrogen and oxygen atoms in total. The number of rotatable bonds is 4. The zero-order valence-electron chi connectivity index (χ0n) is 9.51. The monoisotopic (exact) mass is 285 g/mol. The second-order valence-corrected chi connectivity index (χ2v) is 5.30. The lowest BCUT2D eigenvalue weighted by Gasteiger charge is -2.21. The van der Waals surface area contributed by atoms with E-state index in [0.29, 0.717) is 5.56 Å². The van der Waals surface area contributed by atoms with Crippen molar-refractivity contribution in [2.75, 3.05) is 6.54 Å². The van der Waals surface area contributed by atoms with Crippen LogP contribution >= 0.6 is 22.9 Å². The van der Waals surface area contributed by atoms with Gasteiger partial charge < -0.3 is 10.8 Å². The van der Waals surface area contributed by atoms with E-state index in [1.807, 2.05) is 17.5 Å². The number of thiophene rings is 1. The first-order valence-corrected chi connectivity index (χ1v) is 6.76. The van der Waals surface area contributed by atoms with Crippen LogP contribution in [0.1, 0.15) is 22.5 Å². The zero-order valence-corrected chi connectivity index (χ0v) is 11.1. The lowest BCUT2D eigenvalue weighted by Crippen LogP contribution is -2.19. The van der Waals surface area contributed by atoms with Gasteiger partial charge in [0.15, 0.2) is 0 Å². The normalized spacial score (nSPS) is 14.4. The molecule has 0 spiro atoms. The third-order valence-corrected chi connectivity index (χ3v) is 4.25. The minimum Gasteiger partial charge on any atom is -0.388 e. The number of benzene rings is 1. The molecule has 1 aromatic heterocycles. The first-order valence-electron chi connectivity index (χ1n) is 5.50. The van der Waals surface area contributed by atoms with Crippen LogP contribution in [0, 0.1) is 5.82 Å². The van der Waals surface area contributed by atoms with E-state index in [2.05, 4.69) is 0 Å². The van der Waals surface area contributed by atoms with Crippen LogP contribution in [0.4, 0.5) is 4.39 Å². The Hall–Kier alpha value is -0.940. The molecule has 0 saturated carbocycles. The van der Waals surface area contributed by atoms with Gasteiger partial charge in [0.1, 0.15) is 5.82 Å². The van der Waals surface area contributed by atoms with E-state index in [1.54, 1.807) is 6.07 Å². The SMILES string of the molecule is NCC(c1cccs1)C(O)c1cccc(F)c1Cl. The van der Waals surface area contributed by atoms with Gasteiger partial charge in [0.05, 0.1) is 11.1 Å². The molecule has 0 bridgehead atoms. The molecule has 2 rings (SSSR count). The highest BCUT2D eigenvalue weighted by Gasteiger charge is 2.25. The molecular formula is C13H13ClFNOS. The summed E-state index contributed by atoms with van der Waals surface area (Å²) in [4.78, 5) is 0.963. The van der Waals surface area contributed by atoms with Gasteiger partial charge in [-0.2, -0.15) is 0 Å². The average molecular weight is 286 g/mol. The van der Waals surface area contributed by atoms with Crippen molar-refractivity contribution in [3.63, 3.8) is 0 Å². The fourth-order valence-electron chi connectivity index (χ4n) is 1.87. The van der Waals surface area contributed by atoms with E-state index in [4.69, 9.17) is 17.3 Å². The summed E-state index contributed by atoms with van der Waals surface area (Å²) >= 11 is 7.39. The Bertz CT molecular complexity index is 518. The van der Waals surface area contributed by atoms with Crippen molar-refractivity contribution in [1.82, 2.24) is 0 Å². The molecule has 0 amide bonds. The molecule has 0 aliphatic carbocycles. The van der Waals surface area contributed by atoms with E-state index in [9.17, 15) is 9.50 Å². The molecule has 96 valence electrons. The number of aliphatic hydroxyl groups excluding tert-OH is 1. The highest BCUT2D eigenvalue weighted by molar-refractivity contribution is 7.10. The first-order chi connectivity index (χ1) is 8.65. The highest BCUT2D eigenvalue weighted by Crippen LogP contribution is 2.36. The van der Waals surface area contributed by atoms with Gasteiger partial charge in [0.25, 0.3) is 0 Å². The van der Waals surface area contributed by atoms with E-state index >= 15 is 0 Å². The maximum atomic E-state index is 13.4. The van der Waals surface area contributed by atoms with Crippen molar-refractivity contribution in [3.05, 3.63) is 57.0 Å². The maximum Gasteiger partial charge on any atom is 0.142 e. The van der Waals surface area contributed by atoms with Crippen molar-refractivity contribution in [1.29, 1.82) is 0 Å². The molecule has 18 heavy (non-hydrogen) atoms. The highest BCUT2D eigenvalue weighted by atomic mass is 35.5. The van der Waals surface area contributed by atoms with Crippen molar-refractivity contribution < 1.29 is 9.50 Å². The Morgan fingerprint density at radius 2 is 2.11 bits per heavy atom. The first kappa shape index (κ1) is 13.5. The van der Waals surface area contributed by atoms with Crippen LogP contribution in [0.25, 0.3) is 0 Å². The fourth-order valence-corrected chi connectivity index (χ4v) is 2.98. The summed E-state index contributed by atoms with van der Waals surface area (Å²) in [6, 6.07) is 8.20. The number of halogens is 2. The molecule has 0 saturated heterocycles. The number of hydrogen-bond donors (Lipinski definition) is 2. The fraction of sp³-hybridized carbons (Fsp3) is 0.231. The second kappa shape index (κ2) is 5.80. The molecule has 2 aromatic rings. The predicted octanol–water partition coefficient (Wildman–Crippen LogP) is 3.32. The quantitative estimate of drug-likeness (QED) is 0.905. The summed E-state index contributed by atoms with van der Waals surface area (Å²) < 4.78 is 13.4. The van der Waals surface area contributed by atoms with Crippen molar-refractivity contribution in [2.45, 2.75) is 12.0 Å². The average Bonchev–Trinajstić information content (AvgIpc) is 2.87. The summed E-state index contributed by atoms with van der Waals surface area (Å²) in [5, 5.41) is 12.2. The molecular weight excluding hydrogens is 273 g/mol. The molecule has 2 unspecified atom stereocenters. The lowest BCUT2D eigenvalue weighted by atomic mass is 9.94. The van der Waals surface area contributed by atoms with E-state index < -0.39 is 11.9 Å². The van der Waals surface area contributed by atoms with E-state index in [0.717, 1.165) is 4.88 Å². The van der Waals surface area contributed by atoms with Crippen molar-refractivity contribution in [2.24, 2.45) is 5.73 Å². The van der Waals surface area contributed by atoms with Crippen LogP contribution in [-0.4, -0.2) is 11.7 Å². The molecule has 1 aromatic carbocycles. The van der Waals surface area contributed by atoms with Crippen LogP contribution < -0.4 is 5.73 Å². The van der Waals surface area contributed by atoms with E-state index in [-0.39, 0.29) is 17.5 Å². The molecule has 5 heteroatoms. The molecule has 3 N–H and O–H groups in total. The minimum absolute atomic E-state index is 0.0417. The van der Waals surface area contributed by atoms with Crippen LogP contribution in [0.3, 0.4) is 0 Å². The predicted molar refractivity (Wildman–Crippen MR) is 72.5 cm³/mol. The van der Waals surface area contributed by atoms with Gasteiger partial charge in [-0.3, -0.25) is 0 Å². The van der Waals surface area contributed by atoms with Gasteiger partial charge in [-0.25, -0.2) is 4.39 Å². The molecule has 0 radical (unpaired) electrons. The number of aliphatic hydroxyl groups is 1. The van der Waals surface area contributed by atoms with Gasteiger partial charge in [0.2, 0.25) is 0 Å². The van der Waals surface area contributed by atoms with Gasteiger partial charge in [0, 0.05) is 22.9 Å². The summed E-state index contributed by atoms with van der Waals surface area (Å²) in [6.07, 6.45) is -0.906. The summed E-state index contributed by atoms with van der Waals surface area (Å²) in [6.45, 7) is 0.272. The zero-order chi connectivity index (χ0) is 13.1. The molecule has 0 fully saturated rings. The second-order valence-electron chi connectivity index (χ2n) is 3.95. The van der Waals surface area contributed by atoms with Gasteiger partial charge in [-0.15, -0.1) is 11.3 Å². The Kier molecular flexibility index (Phi) is 4.35. The van der Waals surface area contributed by atoms with Gasteiger partial charge in [-0.05, 0) is 17.5 Å². The van der Waals surface area contributed by atoms with Crippen molar-refractivity contribution >= 4 is 22.9 Å². The van der Waals surface area contributed by atoms with Gasteiger partial charge in [-0.1, -0.05) is 29.8 Å². The Balaban J connectivity index is 2.35. The van der Waals surface area contributed by atoms with Crippen LogP contribution in [-0.2, 0) is 0 Å². The summed E-state index contributed by atoms with van der Waals surface area (Å²) in [5.41, 5.74) is 6.08. The Labute approximate surface area is 114 Å². The molecule has 0 aliphatic heterocycles. The smallest absolute Gasteiger partial charge is 0.142 e. The lowest BCUT2D eigenvalue weighted by molar-refractivity contribution is 0.148. The molecule has 2 atom stereocenters. The van der Waals surface area contributed by atoms with Crippen LogP contribution in [0.15, 0.2) is 35.7 Å². The Morgan fingerprint density at radius 1 is 1.33 bits per heavy atom. The third-order valence-electron chi connectivity index (χ3n) is 2.84. The van der Waals surface area contributed by atoms with Crippen LogP contribution in [0.2, 0.25) is 5.02 Å². The summed E-state index contributed by atoms with van der Waals surface area (Å²) in [7, 11) is 0. The third kappa shape index (κ3) is 2.57. The Morgan fingerprint density at radius 3 is 2.72 bits per heavy atom. The molecule has 0 aliphatic rings. The number of hydrogen-bond acceptors (Lipinski definition) is 3. The van der Waals surface area contributed by atoms with Crippen molar-refractivity contribution in [3.8, 4) is 0 Å². The standard InChI is InChI=1S/C13H13ClFNOS/c14-12-8(3-1-4-10(12)15)13(17)9(7-16)11-5-2-6-18-11/h1-6,9,13,17H,7,16H2. The molecule has 1 heterocycles. The van der Waals surface area contributed by atoms with Crippen LogP contribution in [0.5, 0.6) is 0 Å². The maximum absolute atomic E-state index is 13.4.